The van der Waals surface area contributed by atoms with Crippen LogP contribution in [0.4, 0.5) is 4.39 Å². The number of hydrogen-bond donors (Lipinski definition) is 2. The number of aryl methyl sites for hydroxylation is 1. The zero-order valence-corrected chi connectivity index (χ0v) is 26.4. The van der Waals surface area contributed by atoms with Crippen LogP contribution in [0.15, 0.2) is 102 Å². The molecule has 0 aliphatic heterocycles. The molecule has 2 amide bonds. The van der Waals surface area contributed by atoms with E-state index in [9.17, 15) is 18.2 Å². The van der Waals surface area contributed by atoms with Crippen LogP contribution >= 0.6 is 11.3 Å². The molecule has 5 aromatic rings. The summed E-state index contributed by atoms with van der Waals surface area (Å²) in [7, 11) is -1.08. The number of rotatable bonds is 7. The quantitative estimate of drug-likeness (QED) is 0.189. The predicted molar refractivity (Wildman–Crippen MR) is 177 cm³/mol. The Hall–Kier alpha value is -4.93. The van der Waals surface area contributed by atoms with E-state index in [-0.39, 0.29) is 6.42 Å². The highest BCUT2D eigenvalue weighted by Gasteiger charge is 2.26. The Labute approximate surface area is 266 Å². The molecule has 0 fully saturated rings. The average Bonchev–Trinajstić information content (AvgIpc) is 3.77. The number of halogens is 1. The van der Waals surface area contributed by atoms with Crippen LogP contribution in [-0.4, -0.2) is 31.8 Å². The summed E-state index contributed by atoms with van der Waals surface area (Å²) in [6.07, 6.45) is 7.45. The molecule has 1 aliphatic carbocycles. The van der Waals surface area contributed by atoms with Crippen molar-refractivity contribution in [1.82, 2.24) is 20.4 Å². The molecule has 0 radical (unpaired) electrons. The van der Waals surface area contributed by atoms with Gasteiger partial charge in [0.2, 0.25) is 5.91 Å². The minimum atomic E-state index is -1.08. The Morgan fingerprint density at radius 3 is 2.44 bits per heavy atom. The van der Waals surface area contributed by atoms with Gasteiger partial charge in [-0.1, -0.05) is 30.3 Å². The van der Waals surface area contributed by atoms with Crippen molar-refractivity contribution in [2.45, 2.75) is 25.2 Å². The van der Waals surface area contributed by atoms with E-state index in [2.05, 4.69) is 15.8 Å². The van der Waals surface area contributed by atoms with Crippen molar-refractivity contribution in [3.05, 3.63) is 130 Å². The first-order valence-electron chi connectivity index (χ1n) is 14.1. The predicted octanol–water partition coefficient (Wildman–Crippen LogP) is 6.96. The SMILES string of the molecule is CC1=C(CC(=O)NNC(=O)c2sc(-c3cccc(-n4cccc4)c3)nc2C)c2cc(F)ccc2C1=Cc1ccc(S(C)=O)cc1. The van der Waals surface area contributed by atoms with Gasteiger partial charge in [-0.2, -0.15) is 0 Å². The van der Waals surface area contributed by atoms with E-state index in [1.807, 2.05) is 90.6 Å². The maximum Gasteiger partial charge on any atom is 0.281 e. The topological polar surface area (TPSA) is 93.1 Å². The average molecular weight is 637 g/mol. The molecule has 3 aromatic carbocycles. The summed E-state index contributed by atoms with van der Waals surface area (Å²) in [4.78, 5) is 31.9. The summed E-state index contributed by atoms with van der Waals surface area (Å²) in [5.74, 6) is -1.31. The van der Waals surface area contributed by atoms with E-state index in [0.717, 1.165) is 38.4 Å². The molecule has 226 valence electrons. The molecule has 0 spiro atoms. The fourth-order valence-corrected chi connectivity index (χ4v) is 6.81. The summed E-state index contributed by atoms with van der Waals surface area (Å²) >= 11 is 1.25. The summed E-state index contributed by atoms with van der Waals surface area (Å²) < 4.78 is 28.1. The van der Waals surface area contributed by atoms with Crippen LogP contribution in [0.5, 0.6) is 0 Å². The second kappa shape index (κ2) is 12.6. The van der Waals surface area contributed by atoms with Gasteiger partial charge in [0.1, 0.15) is 15.7 Å². The van der Waals surface area contributed by atoms with Gasteiger partial charge < -0.3 is 4.57 Å². The van der Waals surface area contributed by atoms with Gasteiger partial charge in [-0.3, -0.25) is 24.6 Å². The van der Waals surface area contributed by atoms with E-state index in [4.69, 9.17) is 0 Å². The minimum Gasteiger partial charge on any atom is -0.324 e. The van der Waals surface area contributed by atoms with E-state index in [0.29, 0.717) is 26.7 Å². The van der Waals surface area contributed by atoms with E-state index < -0.39 is 28.4 Å². The van der Waals surface area contributed by atoms with Crippen LogP contribution in [0.1, 0.15) is 45.4 Å². The number of hydrazine groups is 1. The highest BCUT2D eigenvalue weighted by Crippen LogP contribution is 2.43. The fourth-order valence-electron chi connectivity index (χ4n) is 5.33. The van der Waals surface area contributed by atoms with Crippen molar-refractivity contribution in [3.63, 3.8) is 0 Å². The number of aromatic nitrogens is 2. The van der Waals surface area contributed by atoms with Gasteiger partial charge in [-0.25, -0.2) is 9.37 Å². The third-order valence-corrected chi connectivity index (χ3v) is 9.77. The third-order valence-electron chi connectivity index (χ3n) is 7.63. The Bertz CT molecular complexity index is 2030. The molecule has 6 rings (SSSR count). The van der Waals surface area contributed by atoms with Crippen molar-refractivity contribution in [2.24, 2.45) is 0 Å². The molecule has 1 unspecified atom stereocenters. The van der Waals surface area contributed by atoms with Gasteiger partial charge in [0.05, 0.1) is 12.1 Å². The lowest BCUT2D eigenvalue weighted by Crippen LogP contribution is -2.41. The number of carbonyl (C=O) groups excluding carboxylic acids is 2. The molecule has 0 bridgehead atoms. The maximum absolute atomic E-state index is 14.3. The molecule has 2 N–H and O–H groups in total. The normalized spacial score (nSPS) is 14.0. The zero-order chi connectivity index (χ0) is 31.7. The van der Waals surface area contributed by atoms with Crippen LogP contribution < -0.4 is 10.9 Å². The highest BCUT2D eigenvalue weighted by atomic mass is 32.2. The molecule has 10 heteroatoms. The molecule has 7 nitrogen and oxygen atoms in total. The Balaban J connectivity index is 1.17. The van der Waals surface area contributed by atoms with Crippen LogP contribution in [0.25, 0.3) is 33.5 Å². The second-order valence-corrected chi connectivity index (χ2v) is 13.0. The van der Waals surface area contributed by atoms with E-state index in [1.54, 1.807) is 19.2 Å². The summed E-state index contributed by atoms with van der Waals surface area (Å²) in [5, 5.41) is 0.695. The van der Waals surface area contributed by atoms with Gasteiger partial charge >= 0.3 is 0 Å². The molecule has 45 heavy (non-hydrogen) atoms. The minimum absolute atomic E-state index is 0.0627. The monoisotopic (exact) mass is 636 g/mol. The van der Waals surface area contributed by atoms with Crippen molar-refractivity contribution in [3.8, 4) is 16.3 Å². The molecule has 0 saturated heterocycles. The summed E-state index contributed by atoms with van der Waals surface area (Å²) in [6.45, 7) is 3.65. The molecule has 0 saturated carbocycles. The first-order chi connectivity index (χ1) is 21.7. The number of nitrogens with one attached hydrogen (secondary N) is 2. The molecule has 2 aromatic heterocycles. The fraction of sp³-hybridized carbons (Fsp3) is 0.114. The van der Waals surface area contributed by atoms with Crippen molar-refractivity contribution in [1.29, 1.82) is 0 Å². The largest absolute Gasteiger partial charge is 0.324 e. The second-order valence-electron chi connectivity index (χ2n) is 10.6. The Morgan fingerprint density at radius 1 is 0.956 bits per heavy atom. The molecule has 1 aliphatic rings. The molecular formula is C35H29FN4O3S2. The number of fused-ring (bicyclic) bond motifs is 1. The van der Waals surface area contributed by atoms with Gasteiger partial charge in [0.15, 0.2) is 0 Å². The highest BCUT2D eigenvalue weighted by molar-refractivity contribution is 7.84. The van der Waals surface area contributed by atoms with Gasteiger partial charge in [0, 0.05) is 45.6 Å². The van der Waals surface area contributed by atoms with Crippen molar-refractivity contribution < 1.29 is 18.2 Å². The van der Waals surface area contributed by atoms with E-state index in [1.165, 1.54) is 23.5 Å². The number of carbonyl (C=O) groups is 2. The third kappa shape index (κ3) is 6.33. The first kappa shape index (κ1) is 30.1. The summed E-state index contributed by atoms with van der Waals surface area (Å²) in [5.41, 5.74) is 12.2. The zero-order valence-electron chi connectivity index (χ0n) is 24.8. The molecule has 2 heterocycles. The molecule has 1 atom stereocenters. The van der Waals surface area contributed by atoms with Crippen molar-refractivity contribution >= 4 is 51.2 Å². The lowest BCUT2D eigenvalue weighted by Gasteiger charge is -2.09. The van der Waals surface area contributed by atoms with Crippen molar-refractivity contribution in [2.75, 3.05) is 6.26 Å². The number of benzene rings is 3. The number of nitrogens with zero attached hydrogens (tertiary/aromatic N) is 2. The number of hydrogen-bond acceptors (Lipinski definition) is 5. The lowest BCUT2D eigenvalue weighted by molar-refractivity contribution is -0.120. The van der Waals surface area contributed by atoms with Crippen LogP contribution in [-0.2, 0) is 15.6 Å². The maximum atomic E-state index is 14.3. The van der Waals surface area contributed by atoms with Crippen LogP contribution in [0, 0.1) is 12.7 Å². The Morgan fingerprint density at radius 2 is 1.71 bits per heavy atom. The number of thiazole rings is 1. The van der Waals surface area contributed by atoms with Gasteiger partial charge in [0.25, 0.3) is 5.91 Å². The number of allylic oxidation sites excluding steroid dienone is 2. The standard InChI is InChI=1S/C35H29FN4O3S2/c1-21-29(17-23-9-12-27(13-10-23)45(3)43)28-14-11-25(36)19-31(28)30(21)20-32(41)38-39-34(42)33-22(2)37-35(44-33)24-7-6-8-26(18-24)40-15-4-5-16-40/h4-19H,20H2,1-3H3,(H,38,41)(H,39,42). The van der Waals surface area contributed by atoms with E-state index >= 15 is 0 Å². The van der Waals surface area contributed by atoms with Crippen LogP contribution in [0.3, 0.4) is 0 Å². The van der Waals surface area contributed by atoms with Gasteiger partial charge in [-0.15, -0.1) is 11.3 Å². The van der Waals surface area contributed by atoms with Crippen LogP contribution in [0.2, 0.25) is 0 Å². The first-order valence-corrected chi connectivity index (χ1v) is 16.5. The molecular weight excluding hydrogens is 608 g/mol. The smallest absolute Gasteiger partial charge is 0.281 e. The van der Waals surface area contributed by atoms with Gasteiger partial charge in [-0.05, 0) is 102 Å². The Kier molecular flexibility index (Phi) is 8.42. The lowest BCUT2D eigenvalue weighted by atomic mass is 10.0. The number of amides is 2. The summed E-state index contributed by atoms with van der Waals surface area (Å²) in [6, 6.07) is 23.7.